The zero-order valence-corrected chi connectivity index (χ0v) is 11.5. The van der Waals surface area contributed by atoms with Crippen LogP contribution in [0.25, 0.3) is 0 Å². The lowest BCUT2D eigenvalue weighted by Gasteiger charge is -2.08. The molecule has 0 N–H and O–H groups in total. The largest absolute Gasteiger partial charge is 0.138 e. The fourth-order valence-corrected chi connectivity index (χ4v) is 5.23. The van der Waals surface area contributed by atoms with Crippen molar-refractivity contribution in [2.45, 2.75) is 28.9 Å². The minimum Gasteiger partial charge on any atom is -0.138 e. The van der Waals surface area contributed by atoms with Crippen LogP contribution in [0.15, 0.2) is 28.7 Å². The molecule has 1 aliphatic rings. The van der Waals surface area contributed by atoms with E-state index in [0.717, 1.165) is 15.0 Å². The van der Waals surface area contributed by atoms with Crippen molar-refractivity contribution in [1.82, 2.24) is 0 Å². The first-order valence-electron chi connectivity index (χ1n) is 4.73. The van der Waals surface area contributed by atoms with E-state index in [4.69, 9.17) is 0 Å². The second-order valence-electron chi connectivity index (χ2n) is 3.57. The Morgan fingerprint density at radius 1 is 1.00 bits per heavy atom. The van der Waals surface area contributed by atoms with Crippen molar-refractivity contribution in [3.05, 3.63) is 34.3 Å². The van der Waals surface area contributed by atoms with Crippen LogP contribution in [0.1, 0.15) is 24.0 Å². The van der Waals surface area contributed by atoms with E-state index in [0.29, 0.717) is 4.58 Å². The molecule has 76 valence electrons. The lowest BCUT2D eigenvalue weighted by molar-refractivity contribution is 0.941. The van der Waals surface area contributed by atoms with Crippen LogP contribution in [0.3, 0.4) is 0 Å². The maximum Gasteiger partial charge on any atom is 0.0757 e. The van der Waals surface area contributed by atoms with E-state index in [2.05, 4.69) is 77.6 Å². The first-order valence-corrected chi connectivity index (χ1v) is 7.41. The molecule has 1 aromatic carbocycles. The molecule has 2 atom stereocenters. The third kappa shape index (κ3) is 2.31. The smallest absolute Gasteiger partial charge is 0.0757 e. The molecule has 14 heavy (non-hydrogen) atoms. The fraction of sp³-hybridized carbons (Fsp3) is 0.455. The van der Waals surface area contributed by atoms with Crippen LogP contribution >= 0.6 is 39.5 Å². The van der Waals surface area contributed by atoms with Gasteiger partial charge in [-0.1, -0.05) is 41.9 Å². The number of rotatable bonds is 1. The van der Waals surface area contributed by atoms with Gasteiger partial charge in [-0.05, 0) is 17.7 Å². The van der Waals surface area contributed by atoms with Gasteiger partial charge in [-0.3, -0.25) is 0 Å². The quantitative estimate of drug-likeness (QED) is 0.734. The average molecular weight is 289 g/mol. The molecule has 1 aromatic rings. The summed E-state index contributed by atoms with van der Waals surface area (Å²) >= 11 is 7.62. The molecule has 2 unspecified atom stereocenters. The Kier molecular flexibility index (Phi) is 3.50. The van der Waals surface area contributed by atoms with Crippen molar-refractivity contribution in [2.75, 3.05) is 0 Å². The lowest BCUT2D eigenvalue weighted by atomic mass is 10.2. The van der Waals surface area contributed by atoms with Crippen LogP contribution in [0.5, 0.6) is 0 Å². The van der Waals surface area contributed by atoms with Crippen molar-refractivity contribution in [1.29, 1.82) is 0 Å². The Morgan fingerprint density at radius 3 is 2.00 bits per heavy atom. The predicted octanol–water partition coefficient (Wildman–Crippen LogP) is 4.70. The second-order valence-corrected chi connectivity index (χ2v) is 7.75. The highest BCUT2D eigenvalue weighted by Crippen LogP contribution is 2.53. The van der Waals surface area contributed by atoms with Gasteiger partial charge >= 0.3 is 0 Å². The van der Waals surface area contributed by atoms with Gasteiger partial charge in [-0.2, -0.15) is 0 Å². The van der Waals surface area contributed by atoms with Crippen LogP contribution < -0.4 is 0 Å². The van der Waals surface area contributed by atoms with Crippen molar-refractivity contribution in [2.24, 2.45) is 0 Å². The predicted molar refractivity (Wildman–Crippen MR) is 71.0 cm³/mol. The summed E-state index contributed by atoms with van der Waals surface area (Å²) in [5.74, 6) is 0. The zero-order valence-electron chi connectivity index (χ0n) is 8.24. The van der Waals surface area contributed by atoms with Gasteiger partial charge in [0, 0.05) is 15.0 Å². The van der Waals surface area contributed by atoms with Gasteiger partial charge in [0.1, 0.15) is 0 Å². The van der Waals surface area contributed by atoms with Gasteiger partial charge in [-0.15, -0.1) is 23.5 Å². The van der Waals surface area contributed by atoms with Crippen LogP contribution in [-0.2, 0) is 0 Å². The lowest BCUT2D eigenvalue weighted by Crippen LogP contribution is -2.04. The van der Waals surface area contributed by atoms with Gasteiger partial charge in [0.05, 0.1) is 4.58 Å². The van der Waals surface area contributed by atoms with Crippen molar-refractivity contribution < 1.29 is 0 Å². The van der Waals surface area contributed by atoms with Gasteiger partial charge in [0.15, 0.2) is 0 Å². The number of thioether (sulfide) groups is 2. The molecule has 0 saturated carbocycles. The number of benzene rings is 1. The normalized spacial score (nSPS) is 32.1. The summed E-state index contributed by atoms with van der Waals surface area (Å²) in [4.78, 5) is 0. The Balaban J connectivity index is 2.13. The van der Waals surface area contributed by atoms with Gasteiger partial charge in [0.2, 0.25) is 0 Å². The first-order chi connectivity index (χ1) is 6.66. The van der Waals surface area contributed by atoms with Crippen LogP contribution in [0.4, 0.5) is 0 Å². The molecular weight excluding hydrogens is 276 g/mol. The highest BCUT2D eigenvalue weighted by Gasteiger charge is 2.30. The van der Waals surface area contributed by atoms with Crippen molar-refractivity contribution in [3.8, 4) is 0 Å². The molecule has 3 heteroatoms. The molecule has 1 saturated heterocycles. The molecule has 0 aliphatic carbocycles. The summed E-state index contributed by atoms with van der Waals surface area (Å²) in [6.45, 7) is 4.64. The summed E-state index contributed by atoms with van der Waals surface area (Å²) in [6.07, 6.45) is 0. The molecular formula is C11H13BrS2. The molecule has 1 fully saturated rings. The first kappa shape index (κ1) is 10.9. The van der Waals surface area contributed by atoms with Crippen molar-refractivity contribution >= 4 is 39.5 Å². The molecule has 0 spiro atoms. The molecule has 1 heterocycles. The fourth-order valence-electron chi connectivity index (χ4n) is 1.42. The SMILES string of the molecule is CC1SC(c2ccc(Br)cc2)SC1C. The van der Waals surface area contributed by atoms with Crippen LogP contribution in [-0.4, -0.2) is 10.5 Å². The number of hydrogen-bond donors (Lipinski definition) is 0. The molecule has 0 radical (unpaired) electrons. The van der Waals surface area contributed by atoms with Crippen LogP contribution in [0, 0.1) is 0 Å². The average Bonchev–Trinajstić information content (AvgIpc) is 2.48. The second kappa shape index (κ2) is 4.50. The number of hydrogen-bond acceptors (Lipinski definition) is 2. The van der Waals surface area contributed by atoms with E-state index in [-0.39, 0.29) is 0 Å². The third-order valence-electron chi connectivity index (χ3n) is 2.48. The van der Waals surface area contributed by atoms with Crippen LogP contribution in [0.2, 0.25) is 0 Å². The topological polar surface area (TPSA) is 0 Å². The van der Waals surface area contributed by atoms with E-state index in [9.17, 15) is 0 Å². The minimum atomic E-state index is 0.632. The van der Waals surface area contributed by atoms with Gasteiger partial charge in [-0.25, -0.2) is 0 Å². The Hall–Kier alpha value is 0.400. The Morgan fingerprint density at radius 2 is 1.50 bits per heavy atom. The molecule has 1 aliphatic heterocycles. The molecule has 2 rings (SSSR count). The molecule has 0 aromatic heterocycles. The van der Waals surface area contributed by atoms with E-state index in [1.54, 1.807) is 0 Å². The maximum absolute atomic E-state index is 3.46. The highest BCUT2D eigenvalue weighted by molar-refractivity contribution is 9.10. The van der Waals surface area contributed by atoms with Gasteiger partial charge in [0.25, 0.3) is 0 Å². The Labute approximate surface area is 102 Å². The zero-order chi connectivity index (χ0) is 10.1. The minimum absolute atomic E-state index is 0.632. The summed E-state index contributed by atoms with van der Waals surface area (Å²) in [7, 11) is 0. The number of halogens is 1. The summed E-state index contributed by atoms with van der Waals surface area (Å²) in [6, 6.07) is 8.70. The molecule has 0 nitrogen and oxygen atoms in total. The van der Waals surface area contributed by atoms with E-state index >= 15 is 0 Å². The van der Waals surface area contributed by atoms with E-state index in [1.165, 1.54) is 5.56 Å². The molecule has 0 amide bonds. The molecule has 0 bridgehead atoms. The highest BCUT2D eigenvalue weighted by atomic mass is 79.9. The van der Waals surface area contributed by atoms with Gasteiger partial charge < -0.3 is 0 Å². The van der Waals surface area contributed by atoms with E-state index < -0.39 is 0 Å². The monoisotopic (exact) mass is 288 g/mol. The van der Waals surface area contributed by atoms with E-state index in [1.807, 2.05) is 0 Å². The Bertz CT molecular complexity index is 300. The maximum atomic E-state index is 3.46. The summed E-state index contributed by atoms with van der Waals surface area (Å²) in [5, 5.41) is 1.54. The standard InChI is InChI=1S/C11H13BrS2/c1-7-8(2)14-11(13-7)9-3-5-10(12)6-4-9/h3-8,11H,1-2H3. The summed E-state index contributed by atoms with van der Waals surface area (Å²) < 4.78 is 1.79. The summed E-state index contributed by atoms with van der Waals surface area (Å²) in [5.41, 5.74) is 1.44. The van der Waals surface area contributed by atoms with Crippen molar-refractivity contribution in [3.63, 3.8) is 0 Å². The third-order valence-corrected chi connectivity index (χ3v) is 6.56.